The summed E-state index contributed by atoms with van der Waals surface area (Å²) in [5.74, 6) is 0. The number of allylic oxidation sites excluding steroid dienone is 6. The van der Waals surface area contributed by atoms with E-state index < -0.39 is 11.7 Å². The van der Waals surface area contributed by atoms with E-state index in [1.165, 1.54) is 17.7 Å². The minimum Gasteiger partial charge on any atom is -0.304 e. The van der Waals surface area contributed by atoms with Crippen LogP contribution in [0.3, 0.4) is 0 Å². The van der Waals surface area contributed by atoms with Crippen molar-refractivity contribution in [3.8, 4) is 0 Å². The Balaban J connectivity index is 1.84. The number of benzene rings is 1. The minimum absolute atomic E-state index is 0.136. The molecule has 0 fully saturated rings. The van der Waals surface area contributed by atoms with Gasteiger partial charge in [0.05, 0.1) is 23.0 Å². The molecule has 154 valence electrons. The van der Waals surface area contributed by atoms with Crippen molar-refractivity contribution in [2.45, 2.75) is 52.0 Å². The summed E-state index contributed by atoms with van der Waals surface area (Å²) in [6.07, 6.45) is 2.67. The van der Waals surface area contributed by atoms with E-state index in [0.29, 0.717) is 17.7 Å². The van der Waals surface area contributed by atoms with Crippen LogP contribution in [0.15, 0.2) is 66.3 Å². The highest BCUT2D eigenvalue weighted by Crippen LogP contribution is 2.32. The number of fused-ring (bicyclic) bond motifs is 1. The number of nitrogens with one attached hydrogen (secondary N) is 1. The molecule has 1 aromatic carbocycles. The second kappa shape index (κ2) is 9.27. The Hall–Kier alpha value is -2.60. The molecule has 6 heteroatoms. The fourth-order valence-electron chi connectivity index (χ4n) is 3.51. The summed E-state index contributed by atoms with van der Waals surface area (Å²) in [6.45, 7) is 4.98. The molecule has 2 heterocycles. The highest BCUT2D eigenvalue weighted by Gasteiger charge is 2.32. The monoisotopic (exact) mass is 401 g/mol. The Morgan fingerprint density at radius 2 is 2.03 bits per heavy atom. The van der Waals surface area contributed by atoms with Gasteiger partial charge < -0.3 is 5.32 Å². The maximum Gasteiger partial charge on any atom is 0.416 e. The molecular formula is C23H26F3N3. The smallest absolute Gasteiger partial charge is 0.304 e. The van der Waals surface area contributed by atoms with Crippen LogP contribution in [0.25, 0.3) is 5.57 Å². The van der Waals surface area contributed by atoms with Crippen LogP contribution in [0.2, 0.25) is 0 Å². The van der Waals surface area contributed by atoms with E-state index in [1.54, 1.807) is 26.0 Å². The molecule has 0 spiro atoms. The SMILES string of the molecule is C\C=C/C(=C\C(=C\CC)C(F)(F)F)c1cc2n(n1)CCC2NCc1ccccc1. The first-order valence-corrected chi connectivity index (χ1v) is 9.89. The van der Waals surface area contributed by atoms with Gasteiger partial charge in [0.1, 0.15) is 0 Å². The van der Waals surface area contributed by atoms with Gasteiger partial charge in [0.2, 0.25) is 0 Å². The predicted octanol–water partition coefficient (Wildman–Crippen LogP) is 5.98. The average molecular weight is 401 g/mol. The lowest BCUT2D eigenvalue weighted by Gasteiger charge is -2.12. The second-order valence-electron chi connectivity index (χ2n) is 7.05. The molecule has 1 aromatic heterocycles. The Kier molecular flexibility index (Phi) is 6.75. The van der Waals surface area contributed by atoms with Gasteiger partial charge in [0.25, 0.3) is 0 Å². The van der Waals surface area contributed by atoms with Gasteiger partial charge in [-0.05, 0) is 37.5 Å². The van der Waals surface area contributed by atoms with Crippen molar-refractivity contribution in [2.75, 3.05) is 0 Å². The Labute approximate surface area is 169 Å². The fraction of sp³-hybridized carbons (Fsp3) is 0.348. The first-order chi connectivity index (χ1) is 13.9. The third kappa shape index (κ3) is 5.26. The Morgan fingerprint density at radius 3 is 2.69 bits per heavy atom. The summed E-state index contributed by atoms with van der Waals surface area (Å²) < 4.78 is 41.9. The molecule has 1 unspecified atom stereocenters. The Bertz CT molecular complexity index is 905. The molecule has 3 rings (SSSR count). The standard InChI is InChI=1S/C23H26F3N3/c1-3-8-18(14-19(9-4-2)23(24,25)26)21-15-22-20(12-13-29(22)28-21)27-16-17-10-6-5-7-11-17/h3,5-11,14-15,20,27H,4,12-13,16H2,1-2H3/b8-3-,18-14+,19-9-. The van der Waals surface area contributed by atoms with E-state index >= 15 is 0 Å². The molecule has 0 saturated carbocycles. The summed E-state index contributed by atoms with van der Waals surface area (Å²) in [6, 6.07) is 12.2. The van der Waals surface area contributed by atoms with Gasteiger partial charge >= 0.3 is 6.18 Å². The van der Waals surface area contributed by atoms with Crippen molar-refractivity contribution < 1.29 is 13.2 Å². The van der Waals surface area contributed by atoms with Crippen LogP contribution in [-0.4, -0.2) is 16.0 Å². The second-order valence-corrected chi connectivity index (χ2v) is 7.05. The molecule has 1 aliphatic rings. The summed E-state index contributed by atoms with van der Waals surface area (Å²) >= 11 is 0. The van der Waals surface area contributed by atoms with Crippen molar-refractivity contribution in [3.63, 3.8) is 0 Å². The Morgan fingerprint density at radius 1 is 1.28 bits per heavy atom. The van der Waals surface area contributed by atoms with Crippen LogP contribution in [0.1, 0.15) is 49.7 Å². The maximum atomic E-state index is 13.3. The number of halogens is 3. The molecule has 1 aliphatic heterocycles. The minimum atomic E-state index is -4.38. The van der Waals surface area contributed by atoms with Crippen LogP contribution in [-0.2, 0) is 13.1 Å². The third-order valence-electron chi connectivity index (χ3n) is 4.90. The number of hydrogen-bond acceptors (Lipinski definition) is 2. The van der Waals surface area contributed by atoms with Crippen LogP contribution in [0.4, 0.5) is 13.2 Å². The lowest BCUT2D eigenvalue weighted by atomic mass is 10.0. The molecule has 1 N–H and O–H groups in total. The summed E-state index contributed by atoms with van der Waals surface area (Å²) in [7, 11) is 0. The number of nitrogens with zero attached hydrogens (tertiary/aromatic N) is 2. The zero-order valence-corrected chi connectivity index (χ0v) is 16.7. The van der Waals surface area contributed by atoms with Gasteiger partial charge in [-0.15, -0.1) is 0 Å². The molecule has 0 saturated heterocycles. The molecule has 0 radical (unpaired) electrons. The van der Waals surface area contributed by atoms with Crippen LogP contribution < -0.4 is 5.32 Å². The lowest BCUT2D eigenvalue weighted by Crippen LogP contribution is -2.18. The summed E-state index contributed by atoms with van der Waals surface area (Å²) in [5, 5.41) is 8.11. The first-order valence-electron chi connectivity index (χ1n) is 9.89. The van der Waals surface area contributed by atoms with Gasteiger partial charge in [-0.2, -0.15) is 18.3 Å². The normalized spacial score (nSPS) is 17.9. The largest absolute Gasteiger partial charge is 0.416 e. The highest BCUT2D eigenvalue weighted by molar-refractivity contribution is 5.74. The van der Waals surface area contributed by atoms with Gasteiger partial charge in [-0.1, -0.05) is 55.5 Å². The van der Waals surface area contributed by atoms with Gasteiger partial charge in [0.15, 0.2) is 0 Å². The molecule has 0 aliphatic carbocycles. The maximum absolute atomic E-state index is 13.3. The quantitative estimate of drug-likeness (QED) is 0.579. The number of hydrogen-bond donors (Lipinski definition) is 1. The van der Waals surface area contributed by atoms with Crippen molar-refractivity contribution >= 4 is 5.57 Å². The van der Waals surface area contributed by atoms with E-state index in [4.69, 9.17) is 0 Å². The third-order valence-corrected chi connectivity index (χ3v) is 4.90. The van der Waals surface area contributed by atoms with Gasteiger partial charge in [-0.3, -0.25) is 4.68 Å². The zero-order valence-electron chi connectivity index (χ0n) is 16.7. The number of rotatable bonds is 7. The van der Waals surface area contributed by atoms with Crippen LogP contribution in [0, 0.1) is 0 Å². The number of aromatic nitrogens is 2. The molecular weight excluding hydrogens is 375 g/mol. The van der Waals surface area contributed by atoms with E-state index in [0.717, 1.165) is 25.2 Å². The van der Waals surface area contributed by atoms with Crippen molar-refractivity contribution in [1.82, 2.24) is 15.1 Å². The van der Waals surface area contributed by atoms with E-state index in [2.05, 4.69) is 22.5 Å². The predicted molar refractivity (Wildman–Crippen MR) is 110 cm³/mol. The zero-order chi connectivity index (χ0) is 20.9. The van der Waals surface area contributed by atoms with E-state index in [9.17, 15) is 13.2 Å². The lowest BCUT2D eigenvalue weighted by molar-refractivity contribution is -0.0883. The molecule has 29 heavy (non-hydrogen) atoms. The van der Waals surface area contributed by atoms with E-state index in [-0.39, 0.29) is 6.04 Å². The van der Waals surface area contributed by atoms with Crippen molar-refractivity contribution in [3.05, 3.63) is 83.2 Å². The average Bonchev–Trinajstić information content (AvgIpc) is 3.26. The van der Waals surface area contributed by atoms with Crippen LogP contribution >= 0.6 is 0 Å². The molecule has 3 nitrogen and oxygen atoms in total. The molecule has 0 bridgehead atoms. The van der Waals surface area contributed by atoms with Crippen LogP contribution in [0.5, 0.6) is 0 Å². The molecule has 0 amide bonds. The highest BCUT2D eigenvalue weighted by atomic mass is 19.4. The topological polar surface area (TPSA) is 29.9 Å². The first kappa shape index (κ1) is 21.1. The van der Waals surface area contributed by atoms with Crippen molar-refractivity contribution in [2.24, 2.45) is 0 Å². The van der Waals surface area contributed by atoms with Gasteiger partial charge in [-0.25, -0.2) is 0 Å². The fourth-order valence-corrected chi connectivity index (χ4v) is 3.51. The van der Waals surface area contributed by atoms with Crippen molar-refractivity contribution in [1.29, 1.82) is 0 Å². The molecule has 2 aromatic rings. The summed E-state index contributed by atoms with van der Waals surface area (Å²) in [5.41, 5.74) is 2.60. The number of alkyl halides is 3. The van der Waals surface area contributed by atoms with E-state index in [1.807, 2.05) is 28.9 Å². The van der Waals surface area contributed by atoms with Gasteiger partial charge in [0, 0.05) is 18.7 Å². The number of aryl methyl sites for hydroxylation is 1. The summed E-state index contributed by atoms with van der Waals surface area (Å²) in [4.78, 5) is 0. The molecule has 1 atom stereocenters.